The van der Waals surface area contributed by atoms with E-state index < -0.39 is 0 Å². The fraction of sp³-hybridized carbons (Fsp3) is 0.0833. The molecule has 2 heterocycles. The Balaban J connectivity index is 2.59. The molecule has 0 unspecified atom stereocenters. The van der Waals surface area contributed by atoms with E-state index in [0.29, 0.717) is 22.1 Å². The summed E-state index contributed by atoms with van der Waals surface area (Å²) in [6.45, 7) is 1.96. The first-order chi connectivity index (χ1) is 7.25. The van der Waals surface area contributed by atoms with Crippen LogP contribution >= 0.6 is 0 Å². The third kappa shape index (κ3) is 1.09. The molecule has 0 spiro atoms. The Labute approximate surface area is 86.0 Å². The summed E-state index contributed by atoms with van der Waals surface area (Å²) in [5, 5.41) is 10.4. The number of hydrogen-bond acceptors (Lipinski definition) is 3. The van der Waals surface area contributed by atoms with E-state index in [4.69, 9.17) is 4.42 Å². The number of pyridine rings is 1. The van der Waals surface area contributed by atoms with Gasteiger partial charge in [0, 0.05) is 6.20 Å². The molecule has 1 aromatic carbocycles. The Kier molecular flexibility index (Phi) is 1.51. The van der Waals surface area contributed by atoms with Crippen LogP contribution in [0, 0.1) is 6.92 Å². The van der Waals surface area contributed by atoms with E-state index >= 15 is 0 Å². The first-order valence-corrected chi connectivity index (χ1v) is 4.72. The zero-order valence-electron chi connectivity index (χ0n) is 8.19. The summed E-state index contributed by atoms with van der Waals surface area (Å²) < 4.78 is 5.59. The van der Waals surface area contributed by atoms with Gasteiger partial charge in [-0.05, 0) is 30.7 Å². The number of nitrogens with zero attached hydrogens (tertiary/aromatic N) is 1. The predicted molar refractivity (Wildman–Crippen MR) is 57.9 cm³/mol. The zero-order valence-corrected chi connectivity index (χ0v) is 8.19. The van der Waals surface area contributed by atoms with E-state index in [2.05, 4.69) is 4.98 Å². The molecule has 3 nitrogen and oxygen atoms in total. The van der Waals surface area contributed by atoms with Crippen molar-refractivity contribution in [3.8, 4) is 5.75 Å². The Hall–Kier alpha value is -2.03. The fourth-order valence-electron chi connectivity index (χ4n) is 1.77. The number of furan rings is 1. The molecule has 2 aromatic heterocycles. The third-order valence-corrected chi connectivity index (χ3v) is 2.45. The maximum Gasteiger partial charge on any atom is 0.154 e. The third-order valence-electron chi connectivity index (χ3n) is 2.45. The van der Waals surface area contributed by atoms with Crippen LogP contribution in [0.15, 0.2) is 34.9 Å². The quantitative estimate of drug-likeness (QED) is 0.605. The van der Waals surface area contributed by atoms with Crippen molar-refractivity contribution in [3.05, 3.63) is 36.0 Å². The monoisotopic (exact) mass is 199 g/mol. The van der Waals surface area contributed by atoms with Gasteiger partial charge in [0.15, 0.2) is 5.58 Å². The number of benzene rings is 1. The minimum absolute atomic E-state index is 0.211. The lowest BCUT2D eigenvalue weighted by molar-refractivity contribution is 0.481. The van der Waals surface area contributed by atoms with Gasteiger partial charge in [0.25, 0.3) is 0 Å². The molecule has 0 aliphatic rings. The summed E-state index contributed by atoms with van der Waals surface area (Å²) in [7, 11) is 0. The van der Waals surface area contributed by atoms with Crippen molar-refractivity contribution in [2.75, 3.05) is 0 Å². The van der Waals surface area contributed by atoms with Gasteiger partial charge in [-0.2, -0.15) is 0 Å². The van der Waals surface area contributed by atoms with Crippen LogP contribution in [0.1, 0.15) is 5.56 Å². The summed E-state index contributed by atoms with van der Waals surface area (Å²) >= 11 is 0. The lowest BCUT2D eigenvalue weighted by atomic mass is 10.2. The number of aryl methyl sites for hydroxylation is 1. The first kappa shape index (κ1) is 8.29. The highest BCUT2D eigenvalue weighted by Gasteiger charge is 2.11. The van der Waals surface area contributed by atoms with Crippen LogP contribution in [0.5, 0.6) is 5.75 Å². The highest BCUT2D eigenvalue weighted by molar-refractivity contribution is 6.05. The summed E-state index contributed by atoms with van der Waals surface area (Å²) in [4.78, 5) is 4.28. The molecule has 3 rings (SSSR count). The molecule has 0 amide bonds. The first-order valence-electron chi connectivity index (χ1n) is 4.72. The molecular weight excluding hydrogens is 190 g/mol. The number of fused-ring (bicyclic) bond motifs is 3. The van der Waals surface area contributed by atoms with E-state index in [1.807, 2.05) is 19.1 Å². The molecule has 0 aliphatic carbocycles. The summed E-state index contributed by atoms with van der Waals surface area (Å²) in [6, 6.07) is 7.14. The predicted octanol–water partition coefficient (Wildman–Crippen LogP) is 3.00. The van der Waals surface area contributed by atoms with E-state index in [1.165, 1.54) is 0 Å². The Morgan fingerprint density at radius 3 is 3.00 bits per heavy atom. The smallest absolute Gasteiger partial charge is 0.154 e. The molecule has 15 heavy (non-hydrogen) atoms. The number of rotatable bonds is 0. The molecule has 1 N–H and O–H groups in total. The van der Waals surface area contributed by atoms with Gasteiger partial charge >= 0.3 is 0 Å². The van der Waals surface area contributed by atoms with E-state index in [0.717, 1.165) is 5.56 Å². The molecular formula is C12H9NO2. The van der Waals surface area contributed by atoms with Gasteiger partial charge in [-0.25, -0.2) is 0 Å². The Morgan fingerprint density at radius 2 is 2.13 bits per heavy atom. The maximum absolute atomic E-state index is 9.73. The van der Waals surface area contributed by atoms with Gasteiger partial charge in [-0.1, -0.05) is 6.07 Å². The molecule has 0 atom stereocenters. The number of phenolic OH excluding ortho intramolecular Hbond substituents is 1. The van der Waals surface area contributed by atoms with Crippen molar-refractivity contribution in [2.45, 2.75) is 6.92 Å². The average Bonchev–Trinajstić information content (AvgIpc) is 2.56. The van der Waals surface area contributed by atoms with Crippen molar-refractivity contribution in [1.29, 1.82) is 0 Å². The minimum atomic E-state index is 0.211. The highest BCUT2D eigenvalue weighted by Crippen LogP contribution is 2.33. The highest BCUT2D eigenvalue weighted by atomic mass is 16.3. The Morgan fingerprint density at radius 1 is 1.27 bits per heavy atom. The van der Waals surface area contributed by atoms with Gasteiger partial charge in [0.05, 0.1) is 5.39 Å². The number of phenols is 1. The lowest BCUT2D eigenvalue weighted by Gasteiger charge is -1.92. The Bertz CT molecular complexity index is 655. The van der Waals surface area contributed by atoms with E-state index in [1.54, 1.807) is 18.3 Å². The topological polar surface area (TPSA) is 46.3 Å². The van der Waals surface area contributed by atoms with Crippen LogP contribution < -0.4 is 0 Å². The molecule has 0 radical (unpaired) electrons. The summed E-state index contributed by atoms with van der Waals surface area (Å²) in [5.74, 6) is 0.211. The van der Waals surface area contributed by atoms with Crippen LogP contribution in [0.4, 0.5) is 0 Å². The molecule has 3 aromatic rings. The second-order valence-corrected chi connectivity index (χ2v) is 3.61. The minimum Gasteiger partial charge on any atom is -0.507 e. The number of aromatic nitrogens is 1. The average molecular weight is 199 g/mol. The van der Waals surface area contributed by atoms with Crippen molar-refractivity contribution in [1.82, 2.24) is 4.98 Å². The lowest BCUT2D eigenvalue weighted by Crippen LogP contribution is -1.76. The zero-order chi connectivity index (χ0) is 10.4. The summed E-state index contributed by atoms with van der Waals surface area (Å²) in [5.41, 5.74) is 3.14. The van der Waals surface area contributed by atoms with Gasteiger partial charge in [-0.3, -0.25) is 4.98 Å². The molecule has 74 valence electrons. The van der Waals surface area contributed by atoms with E-state index in [-0.39, 0.29) is 5.75 Å². The number of hydrogen-bond donors (Lipinski definition) is 1. The summed E-state index contributed by atoms with van der Waals surface area (Å²) in [6.07, 6.45) is 1.77. The second-order valence-electron chi connectivity index (χ2n) is 3.61. The maximum atomic E-state index is 9.73. The SMILES string of the molecule is Cc1cnc2c(c1)oc1cccc(O)c12. The molecule has 0 saturated carbocycles. The van der Waals surface area contributed by atoms with Gasteiger partial charge in [0.2, 0.25) is 0 Å². The normalized spacial score (nSPS) is 11.3. The molecule has 0 fully saturated rings. The van der Waals surface area contributed by atoms with Crippen molar-refractivity contribution >= 4 is 22.1 Å². The van der Waals surface area contributed by atoms with Gasteiger partial charge < -0.3 is 9.52 Å². The standard InChI is InChI=1S/C12H9NO2/c1-7-5-10-12(13-6-7)11-8(14)3-2-4-9(11)15-10/h2-6,14H,1H3. The largest absolute Gasteiger partial charge is 0.507 e. The molecule has 0 aliphatic heterocycles. The van der Waals surface area contributed by atoms with Crippen LogP contribution in [0.3, 0.4) is 0 Å². The molecule has 0 saturated heterocycles. The van der Waals surface area contributed by atoms with Crippen molar-refractivity contribution in [3.63, 3.8) is 0 Å². The molecule has 3 heteroatoms. The van der Waals surface area contributed by atoms with Crippen molar-refractivity contribution < 1.29 is 9.52 Å². The van der Waals surface area contributed by atoms with Crippen LogP contribution in [-0.2, 0) is 0 Å². The molecule has 0 bridgehead atoms. The van der Waals surface area contributed by atoms with Crippen LogP contribution in [0.25, 0.3) is 22.1 Å². The number of aromatic hydroxyl groups is 1. The van der Waals surface area contributed by atoms with Gasteiger partial charge in [0.1, 0.15) is 16.8 Å². The fourth-order valence-corrected chi connectivity index (χ4v) is 1.77. The van der Waals surface area contributed by atoms with Crippen molar-refractivity contribution in [2.24, 2.45) is 0 Å². The second kappa shape index (κ2) is 2.73. The van der Waals surface area contributed by atoms with Crippen LogP contribution in [-0.4, -0.2) is 10.1 Å². The van der Waals surface area contributed by atoms with Gasteiger partial charge in [-0.15, -0.1) is 0 Å². The van der Waals surface area contributed by atoms with E-state index in [9.17, 15) is 5.11 Å². The van der Waals surface area contributed by atoms with Crippen LogP contribution in [0.2, 0.25) is 0 Å².